The number of hydrogen-bond donors (Lipinski definition) is 1. The Kier molecular flexibility index (Phi) is 5.93. The molecule has 0 aliphatic carbocycles. The molecule has 5 heteroatoms. The van der Waals surface area contributed by atoms with Gasteiger partial charge in [-0.3, -0.25) is 0 Å². The first kappa shape index (κ1) is 18.1. The number of ether oxygens (including phenoxy) is 1. The fourth-order valence-corrected chi connectivity index (χ4v) is 3.16. The summed E-state index contributed by atoms with van der Waals surface area (Å²) in [5.74, 6) is 0. The fourth-order valence-electron chi connectivity index (χ4n) is 2.86. The zero-order valence-corrected chi connectivity index (χ0v) is 15.2. The Morgan fingerprint density at radius 1 is 1.43 bits per heavy atom. The predicted octanol–water partition coefficient (Wildman–Crippen LogP) is 4.39. The zero-order valence-electron chi connectivity index (χ0n) is 14.4. The second kappa shape index (κ2) is 7.54. The summed E-state index contributed by atoms with van der Waals surface area (Å²) in [6.07, 6.45) is 1.81. The number of hydrogen-bond acceptors (Lipinski definition) is 3. The third-order valence-corrected chi connectivity index (χ3v) is 4.38. The highest BCUT2D eigenvalue weighted by molar-refractivity contribution is 6.31. The van der Waals surface area contributed by atoms with E-state index in [4.69, 9.17) is 16.3 Å². The van der Waals surface area contributed by atoms with Crippen LogP contribution in [0.4, 0.5) is 4.79 Å². The predicted molar refractivity (Wildman–Crippen MR) is 93.8 cm³/mol. The molecule has 1 amide bonds. The van der Waals surface area contributed by atoms with Gasteiger partial charge in [0.2, 0.25) is 0 Å². The van der Waals surface area contributed by atoms with Crippen LogP contribution in [0.3, 0.4) is 0 Å². The molecule has 23 heavy (non-hydrogen) atoms. The van der Waals surface area contributed by atoms with Crippen molar-refractivity contribution in [3.05, 3.63) is 34.9 Å². The lowest BCUT2D eigenvalue weighted by Gasteiger charge is -2.29. The minimum absolute atomic E-state index is 0.143. The molecule has 1 N–H and O–H groups in total. The van der Waals surface area contributed by atoms with Crippen molar-refractivity contribution >= 4 is 17.7 Å². The first-order valence-corrected chi connectivity index (χ1v) is 8.63. The molecule has 1 aliphatic rings. The second-order valence-electron chi connectivity index (χ2n) is 7.12. The van der Waals surface area contributed by atoms with Gasteiger partial charge < -0.3 is 15.0 Å². The van der Waals surface area contributed by atoms with Crippen molar-refractivity contribution in [1.29, 1.82) is 0 Å². The first-order valence-electron chi connectivity index (χ1n) is 8.25. The van der Waals surface area contributed by atoms with Gasteiger partial charge in [0.25, 0.3) is 0 Å². The van der Waals surface area contributed by atoms with Crippen LogP contribution in [0.2, 0.25) is 5.02 Å². The van der Waals surface area contributed by atoms with E-state index < -0.39 is 5.60 Å². The number of nitrogens with one attached hydrogen (secondary N) is 1. The lowest BCUT2D eigenvalue weighted by molar-refractivity contribution is 0.0225. The second-order valence-corrected chi connectivity index (χ2v) is 7.53. The summed E-state index contributed by atoms with van der Waals surface area (Å²) in [4.78, 5) is 14.1. The van der Waals surface area contributed by atoms with Gasteiger partial charge in [-0.25, -0.2) is 4.79 Å². The number of likely N-dealkylation sites (tertiary alicyclic amines) is 1. The van der Waals surface area contributed by atoms with Crippen LogP contribution >= 0.6 is 11.6 Å². The average molecular weight is 339 g/mol. The number of amides is 1. The molecule has 0 spiro atoms. The molecule has 1 aliphatic heterocycles. The Bertz CT molecular complexity index is 542. The van der Waals surface area contributed by atoms with Gasteiger partial charge in [0, 0.05) is 30.2 Å². The van der Waals surface area contributed by atoms with Crippen molar-refractivity contribution in [2.24, 2.45) is 0 Å². The van der Waals surface area contributed by atoms with Crippen LogP contribution in [-0.2, 0) is 4.74 Å². The van der Waals surface area contributed by atoms with E-state index in [9.17, 15) is 4.79 Å². The van der Waals surface area contributed by atoms with E-state index in [1.807, 2.05) is 49.9 Å². The molecule has 128 valence electrons. The maximum absolute atomic E-state index is 12.3. The minimum Gasteiger partial charge on any atom is -0.444 e. The molecular weight excluding hydrogens is 312 g/mol. The van der Waals surface area contributed by atoms with Crippen molar-refractivity contribution < 1.29 is 9.53 Å². The topological polar surface area (TPSA) is 41.6 Å². The molecule has 2 atom stereocenters. The van der Waals surface area contributed by atoms with Gasteiger partial charge in [-0.15, -0.1) is 0 Å². The molecule has 0 bridgehead atoms. The first-order chi connectivity index (χ1) is 10.8. The maximum atomic E-state index is 12.3. The molecule has 1 fully saturated rings. The summed E-state index contributed by atoms with van der Waals surface area (Å²) in [5.41, 5.74) is 0.624. The zero-order chi connectivity index (χ0) is 17.0. The summed E-state index contributed by atoms with van der Waals surface area (Å²) in [6.45, 7) is 9.29. The SMILES string of the molecule is C[C@H](NCC1CCCN1C(=O)OC(C)(C)C)c1ccccc1Cl. The van der Waals surface area contributed by atoms with E-state index in [0.717, 1.165) is 36.5 Å². The Morgan fingerprint density at radius 3 is 2.78 bits per heavy atom. The van der Waals surface area contributed by atoms with E-state index in [1.54, 1.807) is 0 Å². The molecule has 0 radical (unpaired) electrons. The van der Waals surface area contributed by atoms with Gasteiger partial charge in [0.1, 0.15) is 5.60 Å². The van der Waals surface area contributed by atoms with Gasteiger partial charge in [0.05, 0.1) is 0 Å². The average Bonchev–Trinajstić information content (AvgIpc) is 2.92. The van der Waals surface area contributed by atoms with Crippen molar-refractivity contribution in [3.63, 3.8) is 0 Å². The smallest absolute Gasteiger partial charge is 0.410 e. The molecule has 0 saturated carbocycles. The van der Waals surface area contributed by atoms with E-state index in [0.29, 0.717) is 0 Å². The van der Waals surface area contributed by atoms with Gasteiger partial charge in [0.15, 0.2) is 0 Å². The van der Waals surface area contributed by atoms with Gasteiger partial charge in [-0.1, -0.05) is 29.8 Å². The van der Waals surface area contributed by atoms with Gasteiger partial charge in [-0.05, 0) is 52.2 Å². The monoisotopic (exact) mass is 338 g/mol. The summed E-state index contributed by atoms with van der Waals surface area (Å²) in [7, 11) is 0. The van der Waals surface area contributed by atoms with Crippen LogP contribution < -0.4 is 5.32 Å². The van der Waals surface area contributed by atoms with E-state index in [2.05, 4.69) is 12.2 Å². The number of carbonyl (C=O) groups is 1. The third-order valence-electron chi connectivity index (χ3n) is 4.04. The highest BCUT2D eigenvalue weighted by Crippen LogP contribution is 2.24. The number of halogens is 1. The Hall–Kier alpha value is -1.26. The minimum atomic E-state index is -0.456. The molecule has 4 nitrogen and oxygen atoms in total. The summed E-state index contributed by atoms with van der Waals surface area (Å²) in [6, 6.07) is 8.17. The molecule has 1 heterocycles. The van der Waals surface area contributed by atoms with Crippen LogP contribution in [0.25, 0.3) is 0 Å². The number of nitrogens with zero attached hydrogens (tertiary/aromatic N) is 1. The Labute approximate surface area is 144 Å². The number of carbonyl (C=O) groups excluding carboxylic acids is 1. The van der Waals surface area contributed by atoms with E-state index in [1.165, 1.54) is 0 Å². The van der Waals surface area contributed by atoms with Crippen LogP contribution in [0.15, 0.2) is 24.3 Å². The fraction of sp³-hybridized carbons (Fsp3) is 0.611. The quantitative estimate of drug-likeness (QED) is 0.885. The van der Waals surface area contributed by atoms with Crippen molar-refractivity contribution in [3.8, 4) is 0 Å². The Balaban J connectivity index is 1.92. The van der Waals surface area contributed by atoms with E-state index in [-0.39, 0.29) is 18.2 Å². The van der Waals surface area contributed by atoms with Crippen molar-refractivity contribution in [2.45, 2.75) is 58.2 Å². The van der Waals surface area contributed by atoms with Gasteiger partial charge >= 0.3 is 6.09 Å². The third kappa shape index (κ3) is 5.11. The number of benzene rings is 1. The van der Waals surface area contributed by atoms with Gasteiger partial charge in [-0.2, -0.15) is 0 Å². The normalized spacial score (nSPS) is 19.7. The van der Waals surface area contributed by atoms with Crippen molar-refractivity contribution in [2.75, 3.05) is 13.1 Å². The largest absolute Gasteiger partial charge is 0.444 e. The lowest BCUT2D eigenvalue weighted by Crippen LogP contribution is -2.44. The van der Waals surface area contributed by atoms with Crippen LogP contribution in [0, 0.1) is 0 Å². The Morgan fingerprint density at radius 2 is 2.13 bits per heavy atom. The molecule has 1 unspecified atom stereocenters. The number of rotatable bonds is 4. The summed E-state index contributed by atoms with van der Waals surface area (Å²) in [5, 5.41) is 4.26. The maximum Gasteiger partial charge on any atom is 0.410 e. The molecule has 1 saturated heterocycles. The molecule has 1 aromatic carbocycles. The highest BCUT2D eigenvalue weighted by Gasteiger charge is 2.32. The van der Waals surface area contributed by atoms with Crippen LogP contribution in [0.5, 0.6) is 0 Å². The summed E-state index contributed by atoms with van der Waals surface area (Å²) < 4.78 is 5.50. The lowest BCUT2D eigenvalue weighted by atomic mass is 10.1. The van der Waals surface area contributed by atoms with Crippen LogP contribution in [-0.4, -0.2) is 35.7 Å². The summed E-state index contributed by atoms with van der Waals surface area (Å²) >= 11 is 6.24. The van der Waals surface area contributed by atoms with Crippen LogP contribution in [0.1, 0.15) is 52.1 Å². The standard InChI is InChI=1S/C18H27ClN2O2/c1-13(15-9-5-6-10-16(15)19)20-12-14-8-7-11-21(14)17(22)23-18(2,3)4/h5-6,9-10,13-14,20H,7-8,11-12H2,1-4H3/t13-,14?/m0/s1. The molecule has 0 aromatic heterocycles. The molecular formula is C18H27ClN2O2. The highest BCUT2D eigenvalue weighted by atomic mass is 35.5. The molecule has 1 aromatic rings. The molecule has 2 rings (SSSR count). The van der Waals surface area contributed by atoms with Crippen molar-refractivity contribution in [1.82, 2.24) is 10.2 Å². The van der Waals surface area contributed by atoms with E-state index >= 15 is 0 Å².